The van der Waals surface area contributed by atoms with Crippen LogP contribution in [-0.4, -0.2) is 35.1 Å². The van der Waals surface area contributed by atoms with Crippen molar-refractivity contribution in [2.45, 2.75) is 45.3 Å². The zero-order valence-corrected chi connectivity index (χ0v) is 10.7. The highest BCUT2D eigenvalue weighted by Gasteiger charge is 2.61. The van der Waals surface area contributed by atoms with Crippen molar-refractivity contribution in [2.24, 2.45) is 10.5 Å². The van der Waals surface area contributed by atoms with Gasteiger partial charge in [-0.05, 0) is 44.3 Å². The Morgan fingerprint density at radius 2 is 2.06 bits per heavy atom. The molecule has 7 heteroatoms. The Labute approximate surface area is 105 Å². The van der Waals surface area contributed by atoms with E-state index in [1.165, 1.54) is 0 Å². The zero-order chi connectivity index (χ0) is 13.6. The van der Waals surface area contributed by atoms with Crippen LogP contribution in [0.4, 0.5) is 4.79 Å². The smallest absolute Gasteiger partial charge is 0.410 e. The summed E-state index contributed by atoms with van der Waals surface area (Å²) in [6, 6.07) is 0.0395. The molecule has 0 aromatic rings. The molecule has 0 N–H and O–H groups in total. The van der Waals surface area contributed by atoms with Gasteiger partial charge in [-0.3, -0.25) is 4.79 Å². The van der Waals surface area contributed by atoms with Gasteiger partial charge >= 0.3 is 6.09 Å². The maximum absolute atomic E-state index is 11.9. The van der Waals surface area contributed by atoms with Crippen molar-refractivity contribution in [3.05, 3.63) is 10.4 Å². The minimum atomic E-state index is -0.659. The Hall–Kier alpha value is -1.75. The molecule has 1 aliphatic carbocycles. The molecule has 0 atom stereocenters. The van der Waals surface area contributed by atoms with E-state index in [-0.39, 0.29) is 6.04 Å². The molecule has 98 valence electrons. The zero-order valence-electron chi connectivity index (χ0n) is 10.7. The normalized spacial score (nSPS) is 29.3. The standard InChI is InChI=1S/C11H16N4O3/c1-10(2,3)18-9(17)15-6-11(4-7(15)5-11)8(16)13-14-12/h7H,4-6H2,1-3H3. The number of carbonyl (C=O) groups excluding carboxylic acids is 2. The van der Waals surface area contributed by atoms with Gasteiger partial charge in [-0.25, -0.2) is 4.79 Å². The number of rotatable bonds is 1. The van der Waals surface area contributed by atoms with Gasteiger partial charge in [-0.2, -0.15) is 0 Å². The minimum absolute atomic E-state index is 0.0395. The highest BCUT2D eigenvalue weighted by Crippen LogP contribution is 2.52. The second kappa shape index (κ2) is 3.88. The average molecular weight is 252 g/mol. The van der Waals surface area contributed by atoms with Crippen molar-refractivity contribution < 1.29 is 14.3 Å². The minimum Gasteiger partial charge on any atom is -0.444 e. The Morgan fingerprint density at radius 3 is 2.56 bits per heavy atom. The molecule has 3 fully saturated rings. The third-order valence-electron chi connectivity index (χ3n) is 3.38. The fraction of sp³-hybridized carbons (Fsp3) is 0.818. The van der Waals surface area contributed by atoms with Crippen LogP contribution in [-0.2, 0) is 9.53 Å². The van der Waals surface area contributed by atoms with E-state index in [4.69, 9.17) is 10.3 Å². The first-order valence-corrected chi connectivity index (χ1v) is 5.87. The summed E-state index contributed by atoms with van der Waals surface area (Å²) in [6.45, 7) is 5.69. The molecular weight excluding hydrogens is 236 g/mol. The SMILES string of the molecule is CC(C)(C)OC(=O)N1CC2(C(=O)N=[N+]=[N-])CC1C2. The lowest BCUT2D eigenvalue weighted by atomic mass is 9.70. The predicted molar refractivity (Wildman–Crippen MR) is 62.5 cm³/mol. The van der Waals surface area contributed by atoms with Crippen LogP contribution in [0.25, 0.3) is 10.4 Å². The van der Waals surface area contributed by atoms with Crippen LogP contribution in [0.2, 0.25) is 0 Å². The van der Waals surface area contributed by atoms with Crippen LogP contribution in [0.5, 0.6) is 0 Å². The molecule has 0 aromatic heterocycles. The third-order valence-corrected chi connectivity index (χ3v) is 3.38. The lowest BCUT2D eigenvalue weighted by Gasteiger charge is -2.34. The number of nitrogens with zero attached hydrogens (tertiary/aromatic N) is 4. The van der Waals surface area contributed by atoms with Crippen molar-refractivity contribution in [3.8, 4) is 0 Å². The molecule has 0 unspecified atom stereocenters. The van der Waals surface area contributed by atoms with E-state index in [1.807, 2.05) is 0 Å². The van der Waals surface area contributed by atoms with Gasteiger partial charge in [0.2, 0.25) is 5.91 Å². The van der Waals surface area contributed by atoms with Crippen LogP contribution in [0.15, 0.2) is 5.11 Å². The summed E-state index contributed by atoms with van der Waals surface area (Å²) in [5, 5.41) is 3.15. The summed E-state index contributed by atoms with van der Waals surface area (Å²) < 4.78 is 5.28. The lowest BCUT2D eigenvalue weighted by Crippen LogP contribution is -2.41. The fourth-order valence-corrected chi connectivity index (χ4v) is 2.57. The molecule has 2 bridgehead atoms. The number of ether oxygens (including phenoxy) is 1. The average Bonchev–Trinajstić information content (AvgIpc) is 2.69. The number of hydrogen-bond donors (Lipinski definition) is 0. The summed E-state index contributed by atoms with van der Waals surface area (Å²) in [7, 11) is 0. The van der Waals surface area contributed by atoms with E-state index in [0.717, 1.165) is 0 Å². The number of carbonyl (C=O) groups is 2. The second-order valence-electron chi connectivity index (χ2n) is 5.95. The summed E-state index contributed by atoms with van der Waals surface area (Å²) in [5.74, 6) is -0.465. The molecule has 0 spiro atoms. The Kier molecular flexibility index (Phi) is 2.74. The largest absolute Gasteiger partial charge is 0.444 e. The molecule has 0 radical (unpaired) electrons. The van der Waals surface area contributed by atoms with Crippen molar-refractivity contribution in [1.82, 2.24) is 4.90 Å². The Morgan fingerprint density at radius 1 is 1.44 bits per heavy atom. The summed E-state index contributed by atoms with van der Waals surface area (Å²) in [5.41, 5.74) is 7.08. The van der Waals surface area contributed by atoms with Gasteiger partial charge in [0.15, 0.2) is 0 Å². The maximum atomic E-state index is 11.9. The van der Waals surface area contributed by atoms with E-state index in [9.17, 15) is 9.59 Å². The van der Waals surface area contributed by atoms with Crippen molar-refractivity contribution in [2.75, 3.05) is 6.54 Å². The molecule has 0 aromatic carbocycles. The quantitative estimate of drug-likeness (QED) is 0.406. The fourth-order valence-electron chi connectivity index (χ4n) is 2.57. The van der Waals surface area contributed by atoms with Gasteiger partial charge in [0.05, 0.1) is 5.41 Å². The van der Waals surface area contributed by atoms with E-state index >= 15 is 0 Å². The molecule has 1 saturated carbocycles. The van der Waals surface area contributed by atoms with E-state index in [2.05, 4.69) is 10.0 Å². The number of amides is 2. The van der Waals surface area contributed by atoms with E-state index < -0.39 is 23.0 Å². The molecule has 2 heterocycles. The highest BCUT2D eigenvalue weighted by atomic mass is 16.6. The molecular formula is C11H16N4O3. The van der Waals surface area contributed by atoms with E-state index in [0.29, 0.717) is 19.4 Å². The first-order valence-electron chi connectivity index (χ1n) is 5.87. The van der Waals surface area contributed by atoms with E-state index in [1.54, 1.807) is 25.7 Å². The van der Waals surface area contributed by atoms with Gasteiger partial charge in [0, 0.05) is 17.5 Å². The summed E-state index contributed by atoms with van der Waals surface area (Å²) >= 11 is 0. The Balaban J connectivity index is 2.03. The third kappa shape index (κ3) is 2.01. The number of hydrogen-bond acceptors (Lipinski definition) is 3. The summed E-state index contributed by atoms with van der Waals surface area (Å²) in [4.78, 5) is 27.7. The van der Waals surface area contributed by atoms with Gasteiger partial charge in [-0.15, -0.1) is 0 Å². The molecule has 18 heavy (non-hydrogen) atoms. The van der Waals surface area contributed by atoms with Gasteiger partial charge < -0.3 is 9.64 Å². The van der Waals surface area contributed by atoms with Crippen LogP contribution >= 0.6 is 0 Å². The van der Waals surface area contributed by atoms with Crippen molar-refractivity contribution >= 4 is 12.0 Å². The summed E-state index contributed by atoms with van der Waals surface area (Å²) in [6.07, 6.45) is 0.745. The first kappa shape index (κ1) is 12.7. The molecule has 2 saturated heterocycles. The molecule has 3 rings (SSSR count). The molecule has 2 amide bonds. The van der Waals surface area contributed by atoms with Gasteiger partial charge in [-0.1, -0.05) is 0 Å². The van der Waals surface area contributed by atoms with Crippen molar-refractivity contribution in [1.29, 1.82) is 0 Å². The van der Waals surface area contributed by atoms with Crippen LogP contribution in [0.1, 0.15) is 33.6 Å². The van der Waals surface area contributed by atoms with Crippen LogP contribution in [0.3, 0.4) is 0 Å². The molecule has 3 aliphatic rings. The van der Waals surface area contributed by atoms with Crippen molar-refractivity contribution in [3.63, 3.8) is 0 Å². The predicted octanol–water partition coefficient (Wildman–Crippen LogP) is 2.22. The van der Waals surface area contributed by atoms with Gasteiger partial charge in [0.1, 0.15) is 5.60 Å². The number of azide groups is 1. The highest BCUT2D eigenvalue weighted by molar-refractivity contribution is 5.87. The first-order chi connectivity index (χ1) is 8.27. The van der Waals surface area contributed by atoms with Crippen LogP contribution in [0, 0.1) is 5.41 Å². The topological polar surface area (TPSA) is 95.4 Å². The monoisotopic (exact) mass is 252 g/mol. The Bertz CT molecular complexity index is 442. The maximum Gasteiger partial charge on any atom is 0.410 e. The molecule has 7 nitrogen and oxygen atoms in total. The molecule has 2 aliphatic heterocycles. The lowest BCUT2D eigenvalue weighted by molar-refractivity contribution is -0.129. The van der Waals surface area contributed by atoms with Crippen LogP contribution < -0.4 is 0 Å². The second-order valence-corrected chi connectivity index (χ2v) is 5.95. The van der Waals surface area contributed by atoms with Gasteiger partial charge in [0.25, 0.3) is 0 Å². The number of fused-ring (bicyclic) bond motifs is 1.